The monoisotopic (exact) mass is 370 g/mol. The topological polar surface area (TPSA) is 78.2 Å². The molecule has 0 saturated carbocycles. The fourth-order valence-corrected chi connectivity index (χ4v) is 3.29. The van der Waals surface area contributed by atoms with E-state index in [0.29, 0.717) is 0 Å². The van der Waals surface area contributed by atoms with E-state index in [1.165, 1.54) is 11.7 Å². The lowest BCUT2D eigenvalue weighted by Crippen LogP contribution is -2.18. The predicted molar refractivity (Wildman–Crippen MR) is 103 cm³/mol. The summed E-state index contributed by atoms with van der Waals surface area (Å²) in [5.74, 6) is 5.58. The van der Waals surface area contributed by atoms with Gasteiger partial charge in [-0.1, -0.05) is 0 Å². The normalized spacial score (nSPS) is 11.2. The first-order chi connectivity index (χ1) is 11.7. The van der Waals surface area contributed by atoms with Gasteiger partial charge in [-0.3, -0.25) is 0 Å². The zero-order valence-corrected chi connectivity index (χ0v) is 16.1. The SMILES string of the molecule is CNCCNc1nsnc1NCCSCc1ccc(CN(C)C)o1. The molecule has 2 aromatic heterocycles. The van der Waals surface area contributed by atoms with Crippen LogP contribution < -0.4 is 16.0 Å². The van der Waals surface area contributed by atoms with E-state index in [1.807, 2.05) is 32.9 Å². The number of thioether (sulfide) groups is 1. The van der Waals surface area contributed by atoms with Crippen LogP contribution in [0.25, 0.3) is 0 Å². The van der Waals surface area contributed by atoms with Crippen molar-refractivity contribution in [3.63, 3.8) is 0 Å². The quantitative estimate of drug-likeness (QED) is 0.491. The van der Waals surface area contributed by atoms with Crippen LogP contribution in [-0.4, -0.2) is 60.2 Å². The van der Waals surface area contributed by atoms with Crippen LogP contribution in [0.3, 0.4) is 0 Å². The van der Waals surface area contributed by atoms with Crippen LogP contribution in [0, 0.1) is 0 Å². The largest absolute Gasteiger partial charge is 0.464 e. The zero-order chi connectivity index (χ0) is 17.2. The number of anilines is 2. The summed E-state index contributed by atoms with van der Waals surface area (Å²) in [6, 6.07) is 4.12. The molecule has 134 valence electrons. The molecule has 2 rings (SSSR count). The van der Waals surface area contributed by atoms with Crippen molar-refractivity contribution in [3.8, 4) is 0 Å². The Kier molecular flexibility index (Phi) is 8.37. The summed E-state index contributed by atoms with van der Waals surface area (Å²) in [5, 5.41) is 9.69. The maximum Gasteiger partial charge on any atom is 0.184 e. The minimum Gasteiger partial charge on any atom is -0.464 e. The molecule has 0 unspecified atom stereocenters. The van der Waals surface area contributed by atoms with Gasteiger partial charge in [0.2, 0.25) is 0 Å². The van der Waals surface area contributed by atoms with Gasteiger partial charge in [0, 0.05) is 25.4 Å². The second kappa shape index (κ2) is 10.5. The fraction of sp³-hybridized carbons (Fsp3) is 0.600. The Labute approximate surface area is 151 Å². The first kappa shape index (κ1) is 19.0. The van der Waals surface area contributed by atoms with E-state index in [9.17, 15) is 0 Å². The molecule has 0 amide bonds. The van der Waals surface area contributed by atoms with Crippen molar-refractivity contribution in [1.29, 1.82) is 0 Å². The molecule has 0 bridgehead atoms. The van der Waals surface area contributed by atoms with Crippen molar-refractivity contribution in [1.82, 2.24) is 19.0 Å². The molecule has 2 heterocycles. The molecular weight excluding hydrogens is 344 g/mol. The van der Waals surface area contributed by atoms with Gasteiger partial charge in [-0.15, -0.1) is 0 Å². The third kappa shape index (κ3) is 6.68. The van der Waals surface area contributed by atoms with Crippen molar-refractivity contribution in [2.75, 3.05) is 57.2 Å². The summed E-state index contributed by atoms with van der Waals surface area (Å²) in [4.78, 5) is 2.10. The van der Waals surface area contributed by atoms with Crippen LogP contribution in [0.5, 0.6) is 0 Å². The standard InChI is InChI=1S/C15H26N6OS2/c1-16-6-7-17-14-15(20-24-19-14)18-8-9-23-11-13-5-4-12(22-13)10-21(2)3/h4-5,16H,6-11H2,1-3H3,(H,17,19)(H,18,20). The van der Waals surface area contributed by atoms with E-state index in [-0.39, 0.29) is 0 Å². The third-order valence-electron chi connectivity index (χ3n) is 3.13. The number of nitrogens with zero attached hydrogens (tertiary/aromatic N) is 3. The van der Waals surface area contributed by atoms with E-state index in [1.54, 1.807) is 0 Å². The minimum atomic E-state index is 0.832. The number of aromatic nitrogens is 2. The minimum absolute atomic E-state index is 0.832. The highest BCUT2D eigenvalue weighted by molar-refractivity contribution is 7.98. The van der Waals surface area contributed by atoms with Gasteiger partial charge in [0.25, 0.3) is 0 Å². The molecule has 0 atom stereocenters. The molecule has 0 spiro atoms. The van der Waals surface area contributed by atoms with Gasteiger partial charge in [-0.05, 0) is 33.3 Å². The Hall–Kier alpha value is -1.29. The molecular formula is C15H26N6OS2. The maximum atomic E-state index is 5.80. The fourth-order valence-electron chi connectivity index (χ4n) is 2.04. The molecule has 7 nitrogen and oxygen atoms in total. The smallest absolute Gasteiger partial charge is 0.184 e. The molecule has 9 heteroatoms. The van der Waals surface area contributed by atoms with E-state index in [0.717, 1.165) is 60.8 Å². The summed E-state index contributed by atoms with van der Waals surface area (Å²) in [6.07, 6.45) is 0. The van der Waals surface area contributed by atoms with Crippen LogP contribution in [0.15, 0.2) is 16.5 Å². The second-order valence-corrected chi connectivity index (χ2v) is 7.21. The molecule has 0 fully saturated rings. The number of rotatable bonds is 12. The molecule has 0 aromatic carbocycles. The number of nitrogens with one attached hydrogen (secondary N) is 3. The average Bonchev–Trinajstić information content (AvgIpc) is 3.16. The van der Waals surface area contributed by atoms with Crippen molar-refractivity contribution in [2.24, 2.45) is 0 Å². The molecule has 0 radical (unpaired) electrons. The first-order valence-electron chi connectivity index (χ1n) is 7.94. The summed E-state index contributed by atoms with van der Waals surface area (Å²) >= 11 is 3.06. The van der Waals surface area contributed by atoms with Crippen molar-refractivity contribution < 1.29 is 4.42 Å². The van der Waals surface area contributed by atoms with Crippen molar-refractivity contribution in [3.05, 3.63) is 23.7 Å². The van der Waals surface area contributed by atoms with Crippen LogP contribution >= 0.6 is 23.5 Å². The second-order valence-electron chi connectivity index (χ2n) is 5.58. The first-order valence-corrected chi connectivity index (χ1v) is 9.82. The highest BCUT2D eigenvalue weighted by atomic mass is 32.2. The van der Waals surface area contributed by atoms with Gasteiger partial charge in [0.1, 0.15) is 11.5 Å². The van der Waals surface area contributed by atoms with Gasteiger partial charge in [0.15, 0.2) is 11.6 Å². The summed E-state index contributed by atoms with van der Waals surface area (Å²) < 4.78 is 14.4. The average molecular weight is 371 g/mol. The van der Waals surface area contributed by atoms with E-state index < -0.39 is 0 Å². The highest BCUT2D eigenvalue weighted by Crippen LogP contribution is 2.19. The van der Waals surface area contributed by atoms with Crippen molar-refractivity contribution in [2.45, 2.75) is 12.3 Å². The Morgan fingerprint density at radius 2 is 1.79 bits per heavy atom. The lowest BCUT2D eigenvalue weighted by Gasteiger charge is -2.07. The predicted octanol–water partition coefficient (Wildman–Crippen LogP) is 2.17. The Morgan fingerprint density at radius 3 is 2.50 bits per heavy atom. The van der Waals surface area contributed by atoms with Gasteiger partial charge in [-0.2, -0.15) is 20.5 Å². The molecule has 0 aliphatic carbocycles. The number of likely N-dealkylation sites (N-methyl/N-ethyl adjacent to an activating group) is 1. The Bertz CT molecular complexity index is 586. The zero-order valence-electron chi connectivity index (χ0n) is 14.5. The summed E-state index contributed by atoms with van der Waals surface area (Å²) in [7, 11) is 6.01. The van der Waals surface area contributed by atoms with Gasteiger partial charge >= 0.3 is 0 Å². The molecule has 0 aliphatic rings. The molecule has 24 heavy (non-hydrogen) atoms. The van der Waals surface area contributed by atoms with Gasteiger partial charge < -0.3 is 25.3 Å². The highest BCUT2D eigenvalue weighted by Gasteiger charge is 2.07. The summed E-state index contributed by atoms with van der Waals surface area (Å²) in [5.41, 5.74) is 0. The van der Waals surface area contributed by atoms with Crippen LogP contribution in [0.2, 0.25) is 0 Å². The van der Waals surface area contributed by atoms with Gasteiger partial charge in [0.05, 0.1) is 24.0 Å². The third-order valence-corrected chi connectivity index (χ3v) is 4.64. The molecule has 3 N–H and O–H groups in total. The van der Waals surface area contributed by atoms with E-state index >= 15 is 0 Å². The molecule has 2 aromatic rings. The molecule has 0 saturated heterocycles. The van der Waals surface area contributed by atoms with E-state index in [2.05, 4.69) is 41.7 Å². The van der Waals surface area contributed by atoms with Crippen molar-refractivity contribution >= 4 is 35.1 Å². The summed E-state index contributed by atoms with van der Waals surface area (Å²) in [6.45, 7) is 3.42. The Morgan fingerprint density at radius 1 is 1.08 bits per heavy atom. The lowest BCUT2D eigenvalue weighted by molar-refractivity contribution is 0.344. The Balaban J connectivity index is 1.63. The van der Waals surface area contributed by atoms with E-state index in [4.69, 9.17) is 4.42 Å². The van der Waals surface area contributed by atoms with Crippen LogP contribution in [0.1, 0.15) is 11.5 Å². The van der Waals surface area contributed by atoms with Crippen LogP contribution in [-0.2, 0) is 12.3 Å². The number of hydrogen-bond acceptors (Lipinski definition) is 9. The van der Waals surface area contributed by atoms with Gasteiger partial charge in [-0.25, -0.2) is 0 Å². The van der Waals surface area contributed by atoms with Crippen LogP contribution in [0.4, 0.5) is 11.6 Å². The number of hydrogen-bond donors (Lipinski definition) is 3. The molecule has 0 aliphatic heterocycles. The lowest BCUT2D eigenvalue weighted by atomic mass is 10.4. The maximum absolute atomic E-state index is 5.80. The number of furan rings is 1.